The summed E-state index contributed by atoms with van der Waals surface area (Å²) in [6.45, 7) is 4.89. The van der Waals surface area contributed by atoms with E-state index in [9.17, 15) is 9.18 Å². The minimum absolute atomic E-state index is 0.0797. The van der Waals surface area contributed by atoms with E-state index in [1.54, 1.807) is 30.7 Å². The molecule has 6 heteroatoms. The first kappa shape index (κ1) is 16.4. The largest absolute Gasteiger partial charge is 0.352 e. The molecule has 1 aromatic carbocycles. The number of rotatable bonds is 4. The molecule has 0 spiro atoms. The minimum Gasteiger partial charge on any atom is -0.352 e. The summed E-state index contributed by atoms with van der Waals surface area (Å²) in [6, 6.07) is 6.38. The van der Waals surface area contributed by atoms with Crippen molar-refractivity contribution in [3.8, 4) is 0 Å². The van der Waals surface area contributed by atoms with Crippen LogP contribution in [0.5, 0.6) is 0 Å². The van der Waals surface area contributed by atoms with E-state index in [2.05, 4.69) is 14.9 Å². The topological polar surface area (TPSA) is 49.3 Å². The van der Waals surface area contributed by atoms with Crippen molar-refractivity contribution in [2.45, 2.75) is 19.3 Å². The van der Waals surface area contributed by atoms with Crippen LogP contribution in [0.4, 0.5) is 10.2 Å². The molecular formula is C18H21FN4O. The molecule has 3 rings (SSSR count). The Morgan fingerprint density at radius 2 is 1.88 bits per heavy atom. The van der Waals surface area contributed by atoms with Crippen molar-refractivity contribution in [1.82, 2.24) is 14.9 Å². The van der Waals surface area contributed by atoms with Crippen molar-refractivity contribution < 1.29 is 9.18 Å². The molecule has 126 valence electrons. The van der Waals surface area contributed by atoms with Gasteiger partial charge in [0.1, 0.15) is 11.6 Å². The molecule has 1 saturated heterocycles. The van der Waals surface area contributed by atoms with Gasteiger partial charge >= 0.3 is 0 Å². The highest BCUT2D eigenvalue weighted by molar-refractivity contribution is 5.77. The van der Waals surface area contributed by atoms with E-state index < -0.39 is 0 Å². The molecule has 1 aliphatic rings. The first-order valence-corrected chi connectivity index (χ1v) is 8.17. The van der Waals surface area contributed by atoms with Crippen molar-refractivity contribution in [3.63, 3.8) is 0 Å². The first-order valence-electron chi connectivity index (χ1n) is 8.17. The molecule has 1 amide bonds. The van der Waals surface area contributed by atoms with Gasteiger partial charge in [0.2, 0.25) is 5.91 Å². The predicted molar refractivity (Wildman–Crippen MR) is 90.3 cm³/mol. The van der Waals surface area contributed by atoms with Gasteiger partial charge in [-0.1, -0.05) is 19.1 Å². The summed E-state index contributed by atoms with van der Waals surface area (Å²) in [5.41, 5.74) is 0.989. The molecule has 24 heavy (non-hydrogen) atoms. The Morgan fingerprint density at radius 3 is 2.50 bits per heavy atom. The summed E-state index contributed by atoms with van der Waals surface area (Å²) < 4.78 is 13.0. The van der Waals surface area contributed by atoms with Crippen LogP contribution >= 0.6 is 0 Å². The molecule has 1 aromatic heterocycles. The summed E-state index contributed by atoms with van der Waals surface area (Å²) >= 11 is 0. The van der Waals surface area contributed by atoms with Crippen molar-refractivity contribution in [2.24, 2.45) is 0 Å². The lowest BCUT2D eigenvalue weighted by Gasteiger charge is -2.35. The Labute approximate surface area is 141 Å². The third-order valence-electron chi connectivity index (χ3n) is 4.43. The number of piperazine rings is 1. The highest BCUT2D eigenvalue weighted by Crippen LogP contribution is 2.21. The van der Waals surface area contributed by atoms with Crippen molar-refractivity contribution in [3.05, 3.63) is 54.2 Å². The Morgan fingerprint density at radius 1 is 1.17 bits per heavy atom. The molecule has 1 atom stereocenters. The number of nitrogens with zero attached hydrogens (tertiary/aromatic N) is 4. The van der Waals surface area contributed by atoms with Crippen LogP contribution < -0.4 is 4.90 Å². The second-order valence-corrected chi connectivity index (χ2v) is 6.09. The standard InChI is InChI=1S/C18H21FN4O/c1-14(15-2-4-16(19)5-3-15)12-18(24)23-10-8-22(9-11-23)17-13-20-6-7-21-17/h2-7,13-14H,8-12H2,1H3/t14-/m1/s1. The van der Waals surface area contributed by atoms with Crippen LogP contribution in [-0.2, 0) is 4.79 Å². The monoisotopic (exact) mass is 328 g/mol. The maximum atomic E-state index is 13.0. The van der Waals surface area contributed by atoms with Crippen LogP contribution in [0, 0.1) is 5.82 Å². The van der Waals surface area contributed by atoms with E-state index >= 15 is 0 Å². The van der Waals surface area contributed by atoms with Gasteiger partial charge in [0, 0.05) is 45.0 Å². The first-order chi connectivity index (χ1) is 11.6. The van der Waals surface area contributed by atoms with Gasteiger partial charge in [0.15, 0.2) is 0 Å². The Kier molecular flexibility index (Phi) is 5.03. The molecule has 2 heterocycles. The number of benzene rings is 1. The number of amides is 1. The van der Waals surface area contributed by atoms with E-state index in [1.807, 2.05) is 11.8 Å². The number of hydrogen-bond acceptors (Lipinski definition) is 4. The van der Waals surface area contributed by atoms with Crippen LogP contribution in [-0.4, -0.2) is 47.0 Å². The quantitative estimate of drug-likeness (QED) is 0.865. The second kappa shape index (κ2) is 7.38. The summed E-state index contributed by atoms with van der Waals surface area (Å²) in [5, 5.41) is 0. The van der Waals surface area contributed by atoms with Crippen molar-refractivity contribution >= 4 is 11.7 Å². The number of carbonyl (C=O) groups is 1. The molecule has 0 unspecified atom stereocenters. The van der Waals surface area contributed by atoms with Crippen LogP contribution in [0.2, 0.25) is 0 Å². The van der Waals surface area contributed by atoms with Crippen molar-refractivity contribution in [2.75, 3.05) is 31.1 Å². The predicted octanol–water partition coefficient (Wildman–Crippen LogP) is 2.46. The molecule has 0 saturated carbocycles. The lowest BCUT2D eigenvalue weighted by Crippen LogP contribution is -2.49. The number of halogens is 1. The molecule has 0 aliphatic carbocycles. The van der Waals surface area contributed by atoms with E-state index in [1.165, 1.54) is 12.1 Å². The molecule has 2 aromatic rings. The van der Waals surface area contributed by atoms with Gasteiger partial charge in [-0.05, 0) is 23.6 Å². The molecule has 1 fully saturated rings. The summed E-state index contributed by atoms with van der Waals surface area (Å²) in [7, 11) is 0. The number of aromatic nitrogens is 2. The second-order valence-electron chi connectivity index (χ2n) is 6.09. The van der Waals surface area contributed by atoms with E-state index in [-0.39, 0.29) is 17.6 Å². The normalized spacial score (nSPS) is 16.1. The zero-order chi connectivity index (χ0) is 16.9. The van der Waals surface area contributed by atoms with Gasteiger partial charge in [0.05, 0.1) is 6.20 Å². The fraction of sp³-hybridized carbons (Fsp3) is 0.389. The minimum atomic E-state index is -0.252. The molecule has 0 N–H and O–H groups in total. The van der Waals surface area contributed by atoms with Gasteiger partial charge in [-0.25, -0.2) is 9.37 Å². The van der Waals surface area contributed by atoms with Gasteiger partial charge in [-0.2, -0.15) is 0 Å². The average Bonchev–Trinajstić information content (AvgIpc) is 2.63. The summed E-state index contributed by atoms with van der Waals surface area (Å²) in [6.07, 6.45) is 5.52. The fourth-order valence-electron chi connectivity index (χ4n) is 2.94. The van der Waals surface area contributed by atoms with Crippen molar-refractivity contribution in [1.29, 1.82) is 0 Å². The Balaban J connectivity index is 1.52. The Bertz CT molecular complexity index is 669. The van der Waals surface area contributed by atoms with Gasteiger partial charge in [-0.3, -0.25) is 9.78 Å². The van der Waals surface area contributed by atoms with Gasteiger partial charge in [-0.15, -0.1) is 0 Å². The van der Waals surface area contributed by atoms with E-state index in [4.69, 9.17) is 0 Å². The maximum Gasteiger partial charge on any atom is 0.223 e. The lowest BCUT2D eigenvalue weighted by atomic mass is 9.97. The smallest absolute Gasteiger partial charge is 0.223 e. The third kappa shape index (κ3) is 3.88. The summed E-state index contributed by atoms with van der Waals surface area (Å²) in [4.78, 5) is 24.9. The molecular weight excluding hydrogens is 307 g/mol. The van der Waals surface area contributed by atoms with Crippen LogP contribution in [0.15, 0.2) is 42.9 Å². The van der Waals surface area contributed by atoms with Crippen LogP contribution in [0.25, 0.3) is 0 Å². The number of carbonyl (C=O) groups excluding carboxylic acids is 1. The van der Waals surface area contributed by atoms with E-state index in [0.29, 0.717) is 19.5 Å². The molecule has 5 nitrogen and oxygen atoms in total. The van der Waals surface area contributed by atoms with Crippen LogP contribution in [0.3, 0.4) is 0 Å². The lowest BCUT2D eigenvalue weighted by molar-refractivity contribution is -0.131. The zero-order valence-corrected chi connectivity index (χ0v) is 13.7. The summed E-state index contributed by atoms with van der Waals surface area (Å²) in [5.74, 6) is 0.823. The third-order valence-corrected chi connectivity index (χ3v) is 4.43. The highest BCUT2D eigenvalue weighted by atomic mass is 19.1. The van der Waals surface area contributed by atoms with Gasteiger partial charge in [0.25, 0.3) is 0 Å². The number of hydrogen-bond donors (Lipinski definition) is 0. The zero-order valence-electron chi connectivity index (χ0n) is 13.7. The van der Waals surface area contributed by atoms with Gasteiger partial charge < -0.3 is 9.80 Å². The van der Waals surface area contributed by atoms with Crippen LogP contribution in [0.1, 0.15) is 24.8 Å². The highest BCUT2D eigenvalue weighted by Gasteiger charge is 2.23. The average molecular weight is 328 g/mol. The maximum absolute atomic E-state index is 13.0. The molecule has 0 radical (unpaired) electrons. The SMILES string of the molecule is C[C@H](CC(=O)N1CCN(c2cnccn2)CC1)c1ccc(F)cc1. The number of anilines is 1. The van der Waals surface area contributed by atoms with E-state index in [0.717, 1.165) is 24.5 Å². The Hall–Kier alpha value is -2.50. The molecule has 1 aliphatic heterocycles. The fourth-order valence-corrected chi connectivity index (χ4v) is 2.94. The molecule has 0 bridgehead atoms.